The van der Waals surface area contributed by atoms with Crippen molar-refractivity contribution in [3.05, 3.63) is 108 Å². The summed E-state index contributed by atoms with van der Waals surface area (Å²) in [4.78, 5) is 41.4. The summed E-state index contributed by atoms with van der Waals surface area (Å²) in [6.07, 6.45) is -6.27. The van der Waals surface area contributed by atoms with E-state index in [0.717, 1.165) is 37.9 Å². The van der Waals surface area contributed by atoms with Gasteiger partial charge in [-0.2, -0.15) is 13.2 Å². The molecule has 0 fully saturated rings. The second-order valence-electron chi connectivity index (χ2n) is 11.3. The van der Waals surface area contributed by atoms with Gasteiger partial charge in [-0.1, -0.05) is 79.4 Å². The highest BCUT2D eigenvalue weighted by molar-refractivity contribution is 7.17. The quantitative estimate of drug-likeness (QED) is 0.108. The van der Waals surface area contributed by atoms with Gasteiger partial charge in [0.05, 0.1) is 12.0 Å². The van der Waals surface area contributed by atoms with Crippen molar-refractivity contribution in [2.24, 2.45) is 5.92 Å². The number of halogens is 3. The molecule has 0 spiro atoms. The van der Waals surface area contributed by atoms with Crippen molar-refractivity contribution >= 4 is 39.3 Å². The second-order valence-corrected chi connectivity index (χ2v) is 12.2. The fourth-order valence-corrected chi connectivity index (χ4v) is 6.94. The second kappa shape index (κ2) is 14.3. The standard InChI is InChI=1S/C36H34F3NO5S/c1-3-18-44-34(42)23(16-17-36(37,38)39)20-32(41)31(19-24-22-46-33-15-9-8-10-25(24)33)40(2)35(43)45-21-30-28-13-6-4-11-26(28)27-12-5-7-14-29(27)30/h3-15,22-23,30-31H,1,16-21H2,2H3/t23-,31+/m1/s1. The number of likely N-dealkylation sites (N-methyl/N-ethyl adjacent to an activating group) is 1. The van der Waals surface area contributed by atoms with Gasteiger partial charge in [0.15, 0.2) is 5.78 Å². The maximum atomic E-state index is 13.9. The SMILES string of the molecule is C=CCOC(=O)[C@H](CCC(F)(F)F)CC(=O)[C@H](Cc1csc2ccccc12)N(C)C(=O)OCC1c2ccccc2-c2ccccc21. The summed E-state index contributed by atoms with van der Waals surface area (Å²) in [5, 5.41) is 2.81. The Labute approximate surface area is 269 Å². The van der Waals surface area contributed by atoms with E-state index in [1.165, 1.54) is 29.4 Å². The number of carbonyl (C=O) groups is 3. The smallest absolute Gasteiger partial charge is 0.410 e. The minimum atomic E-state index is -4.52. The van der Waals surface area contributed by atoms with Crippen LogP contribution in [0.2, 0.25) is 0 Å². The summed E-state index contributed by atoms with van der Waals surface area (Å²) in [6, 6.07) is 22.3. The highest BCUT2D eigenvalue weighted by Crippen LogP contribution is 2.44. The molecule has 0 bridgehead atoms. The average molecular weight is 650 g/mol. The Morgan fingerprint density at radius 1 is 0.957 bits per heavy atom. The molecule has 10 heteroatoms. The normalized spacial score (nSPS) is 13.8. The Bertz CT molecular complexity index is 1690. The van der Waals surface area contributed by atoms with Crippen LogP contribution in [0, 0.1) is 5.92 Å². The summed E-state index contributed by atoms with van der Waals surface area (Å²) >= 11 is 1.49. The molecule has 0 aliphatic heterocycles. The van der Waals surface area contributed by atoms with Crippen LogP contribution in [-0.4, -0.2) is 55.2 Å². The Hall–Kier alpha value is -4.44. The molecule has 1 aliphatic carbocycles. The monoisotopic (exact) mass is 649 g/mol. The zero-order valence-corrected chi connectivity index (χ0v) is 26.1. The first-order chi connectivity index (χ1) is 22.1. The van der Waals surface area contributed by atoms with E-state index in [4.69, 9.17) is 9.47 Å². The van der Waals surface area contributed by atoms with E-state index in [0.29, 0.717) is 0 Å². The van der Waals surface area contributed by atoms with Gasteiger partial charge in [-0.05, 0) is 51.1 Å². The highest BCUT2D eigenvalue weighted by Gasteiger charge is 2.36. The van der Waals surface area contributed by atoms with Gasteiger partial charge in [0.2, 0.25) is 0 Å². The third-order valence-electron chi connectivity index (χ3n) is 8.34. The maximum Gasteiger partial charge on any atom is 0.410 e. The van der Waals surface area contributed by atoms with Gasteiger partial charge in [-0.25, -0.2) is 4.79 Å². The number of fused-ring (bicyclic) bond motifs is 4. The molecule has 0 N–H and O–H groups in total. The van der Waals surface area contributed by atoms with Crippen LogP contribution in [-0.2, 0) is 25.5 Å². The zero-order chi connectivity index (χ0) is 32.8. The van der Waals surface area contributed by atoms with Crippen LogP contribution >= 0.6 is 11.3 Å². The Balaban J connectivity index is 1.38. The number of esters is 1. The number of amides is 1. The lowest BCUT2D eigenvalue weighted by Gasteiger charge is -2.28. The van der Waals surface area contributed by atoms with Crippen molar-refractivity contribution in [2.75, 3.05) is 20.3 Å². The number of Topliss-reactive ketones (excluding diaryl/α,β-unsaturated/α-hetero) is 1. The molecule has 0 unspecified atom stereocenters. The Morgan fingerprint density at radius 2 is 1.59 bits per heavy atom. The fraction of sp³-hybridized carbons (Fsp3) is 0.306. The van der Waals surface area contributed by atoms with Gasteiger partial charge >= 0.3 is 18.2 Å². The van der Waals surface area contributed by atoms with Crippen LogP contribution in [0.1, 0.15) is 41.9 Å². The molecule has 1 amide bonds. The van der Waals surface area contributed by atoms with E-state index in [9.17, 15) is 27.6 Å². The van der Waals surface area contributed by atoms with Crippen LogP contribution in [0.4, 0.5) is 18.0 Å². The minimum Gasteiger partial charge on any atom is -0.461 e. The number of rotatable bonds is 13. The molecule has 240 valence electrons. The van der Waals surface area contributed by atoms with Crippen LogP contribution in [0.25, 0.3) is 21.2 Å². The van der Waals surface area contributed by atoms with Crippen LogP contribution in [0.15, 0.2) is 90.8 Å². The number of carbonyl (C=O) groups excluding carboxylic acids is 3. The number of benzene rings is 3. The number of hydrogen-bond acceptors (Lipinski definition) is 6. The van der Waals surface area contributed by atoms with Crippen molar-refractivity contribution in [2.45, 2.75) is 43.8 Å². The van der Waals surface area contributed by atoms with Gasteiger partial charge in [0.1, 0.15) is 13.2 Å². The van der Waals surface area contributed by atoms with Gasteiger partial charge in [-0.15, -0.1) is 11.3 Å². The lowest BCUT2D eigenvalue weighted by molar-refractivity contribution is -0.155. The molecule has 1 heterocycles. The van der Waals surface area contributed by atoms with Crippen molar-refractivity contribution in [3.8, 4) is 11.1 Å². The van der Waals surface area contributed by atoms with E-state index in [-0.39, 0.29) is 25.6 Å². The summed E-state index contributed by atoms with van der Waals surface area (Å²) in [5.74, 6) is -3.02. The third-order valence-corrected chi connectivity index (χ3v) is 9.35. The average Bonchev–Trinajstić information content (AvgIpc) is 3.61. The zero-order valence-electron chi connectivity index (χ0n) is 25.3. The first-order valence-electron chi connectivity index (χ1n) is 15.0. The molecule has 4 aromatic rings. The van der Waals surface area contributed by atoms with Crippen molar-refractivity contribution in [1.29, 1.82) is 0 Å². The summed E-state index contributed by atoms with van der Waals surface area (Å²) in [7, 11) is 1.44. The van der Waals surface area contributed by atoms with E-state index < -0.39 is 55.2 Å². The highest BCUT2D eigenvalue weighted by atomic mass is 32.1. The van der Waals surface area contributed by atoms with Crippen molar-refractivity contribution < 1.29 is 37.0 Å². The van der Waals surface area contributed by atoms with Gasteiger partial charge in [-0.3, -0.25) is 9.59 Å². The first kappa shape index (κ1) is 32.9. The van der Waals surface area contributed by atoms with Gasteiger partial charge in [0, 0.05) is 36.9 Å². The number of thiophene rings is 1. The lowest BCUT2D eigenvalue weighted by Crippen LogP contribution is -2.45. The summed E-state index contributed by atoms with van der Waals surface area (Å²) in [6.45, 7) is 3.30. The number of alkyl halides is 3. The molecule has 1 aliphatic rings. The molecule has 3 aromatic carbocycles. The summed E-state index contributed by atoms with van der Waals surface area (Å²) < 4.78 is 51.3. The molecule has 6 nitrogen and oxygen atoms in total. The molecule has 46 heavy (non-hydrogen) atoms. The fourth-order valence-electron chi connectivity index (χ4n) is 5.97. The van der Waals surface area contributed by atoms with Gasteiger partial charge in [0.25, 0.3) is 0 Å². The Kier molecular flexibility index (Phi) is 10.3. The van der Waals surface area contributed by atoms with E-state index >= 15 is 0 Å². The molecular formula is C36H34F3NO5S. The number of nitrogens with zero attached hydrogens (tertiary/aromatic N) is 1. The number of hydrogen-bond donors (Lipinski definition) is 0. The number of ether oxygens (including phenoxy) is 2. The predicted molar refractivity (Wildman–Crippen MR) is 172 cm³/mol. The Morgan fingerprint density at radius 3 is 2.24 bits per heavy atom. The largest absolute Gasteiger partial charge is 0.461 e. The first-order valence-corrected chi connectivity index (χ1v) is 15.8. The molecule has 0 radical (unpaired) electrons. The van der Waals surface area contributed by atoms with E-state index in [1.807, 2.05) is 78.2 Å². The van der Waals surface area contributed by atoms with Crippen LogP contribution in [0.5, 0.6) is 0 Å². The molecule has 2 atom stereocenters. The molecule has 0 saturated heterocycles. The summed E-state index contributed by atoms with van der Waals surface area (Å²) in [5.41, 5.74) is 5.00. The molecule has 5 rings (SSSR count). The van der Waals surface area contributed by atoms with E-state index in [1.54, 1.807) is 0 Å². The van der Waals surface area contributed by atoms with Crippen molar-refractivity contribution in [3.63, 3.8) is 0 Å². The topological polar surface area (TPSA) is 72.9 Å². The van der Waals surface area contributed by atoms with Crippen LogP contribution in [0.3, 0.4) is 0 Å². The van der Waals surface area contributed by atoms with Gasteiger partial charge < -0.3 is 14.4 Å². The third kappa shape index (κ3) is 7.50. The number of ketones is 1. The van der Waals surface area contributed by atoms with Crippen molar-refractivity contribution in [1.82, 2.24) is 4.90 Å². The minimum absolute atomic E-state index is 0.0293. The maximum absolute atomic E-state index is 13.9. The van der Waals surface area contributed by atoms with E-state index in [2.05, 4.69) is 6.58 Å². The molecular weight excluding hydrogens is 615 g/mol. The predicted octanol–water partition coefficient (Wildman–Crippen LogP) is 8.34. The molecule has 1 aromatic heterocycles. The molecule has 0 saturated carbocycles. The van der Waals surface area contributed by atoms with Crippen LogP contribution < -0.4 is 0 Å². The lowest BCUT2D eigenvalue weighted by atomic mass is 9.91.